The molecule has 2 N–H and O–H groups in total. The lowest BCUT2D eigenvalue weighted by molar-refractivity contribution is -0.122. The molecule has 9 nitrogen and oxygen atoms in total. The van der Waals surface area contributed by atoms with Gasteiger partial charge in [0.05, 0.1) is 12.0 Å². The third-order valence-corrected chi connectivity index (χ3v) is 9.94. The van der Waals surface area contributed by atoms with Crippen molar-refractivity contribution in [2.24, 2.45) is 23.2 Å². The van der Waals surface area contributed by atoms with Crippen molar-refractivity contribution in [3.05, 3.63) is 0 Å². The highest BCUT2D eigenvalue weighted by atomic mass is 28.4. The van der Waals surface area contributed by atoms with E-state index in [4.69, 9.17) is 23.1 Å². The maximum absolute atomic E-state index is 12.6. The van der Waals surface area contributed by atoms with Crippen LogP contribution in [0.1, 0.15) is 65.7 Å². The largest absolute Gasteiger partial charge is 0.449 e. The van der Waals surface area contributed by atoms with Gasteiger partial charge in [-0.3, -0.25) is 0 Å². The minimum atomic E-state index is -1.82. The highest BCUT2D eigenvalue weighted by Gasteiger charge is 2.40. The van der Waals surface area contributed by atoms with Crippen LogP contribution in [0, 0.1) is 23.2 Å². The SMILES string of the molecule is CCNC(=O)OCC(CC)(COCCCC(C)(O[Si](C)(C)C)O[Si](C)(C)C)COC(=O)NCC1CC2CCC1C2. The van der Waals surface area contributed by atoms with Gasteiger partial charge in [0.15, 0.2) is 16.6 Å². The molecule has 2 fully saturated rings. The van der Waals surface area contributed by atoms with Crippen LogP contribution in [0.4, 0.5) is 9.59 Å². The maximum Gasteiger partial charge on any atom is 0.407 e. The topological polar surface area (TPSA) is 104 Å². The number of fused-ring (bicyclic) bond motifs is 2. The predicted octanol–water partition coefficient (Wildman–Crippen LogP) is 6.51. The lowest BCUT2D eigenvalue weighted by atomic mass is 9.88. The van der Waals surface area contributed by atoms with Gasteiger partial charge in [0.25, 0.3) is 0 Å². The quantitative estimate of drug-likeness (QED) is 0.105. The molecular formula is C29H58N2O7Si2. The van der Waals surface area contributed by atoms with Crippen LogP contribution in [0.3, 0.4) is 0 Å². The maximum atomic E-state index is 12.6. The van der Waals surface area contributed by atoms with Crippen molar-refractivity contribution in [1.29, 1.82) is 0 Å². The van der Waals surface area contributed by atoms with E-state index in [0.29, 0.717) is 38.6 Å². The number of hydrogen-bond donors (Lipinski definition) is 2. The van der Waals surface area contributed by atoms with Crippen molar-refractivity contribution in [2.45, 2.75) is 111 Å². The molecule has 0 heterocycles. The van der Waals surface area contributed by atoms with E-state index < -0.39 is 40.0 Å². The number of alkyl carbamates (subject to hydrolysis) is 2. The number of carbonyl (C=O) groups is 2. The summed E-state index contributed by atoms with van der Waals surface area (Å²) in [5.41, 5.74) is -0.637. The van der Waals surface area contributed by atoms with Crippen LogP contribution < -0.4 is 10.6 Å². The lowest BCUT2D eigenvalue weighted by Crippen LogP contribution is -2.48. The van der Waals surface area contributed by atoms with E-state index >= 15 is 0 Å². The zero-order valence-corrected chi connectivity index (χ0v) is 28.8. The second kappa shape index (κ2) is 15.4. The van der Waals surface area contributed by atoms with Crippen molar-refractivity contribution < 1.29 is 32.7 Å². The molecule has 4 unspecified atom stereocenters. The molecule has 0 spiro atoms. The number of amides is 2. The number of nitrogens with one attached hydrogen (secondary N) is 2. The van der Waals surface area contributed by atoms with Gasteiger partial charge in [-0.15, -0.1) is 0 Å². The summed E-state index contributed by atoms with van der Waals surface area (Å²) in [6.07, 6.45) is 6.35. The van der Waals surface area contributed by atoms with E-state index in [-0.39, 0.29) is 13.2 Å². The van der Waals surface area contributed by atoms with E-state index in [1.54, 1.807) is 0 Å². The molecule has 4 atom stereocenters. The molecule has 2 aliphatic rings. The molecule has 2 aliphatic carbocycles. The Kier molecular flexibility index (Phi) is 13.5. The Morgan fingerprint density at radius 3 is 1.93 bits per heavy atom. The molecule has 40 heavy (non-hydrogen) atoms. The van der Waals surface area contributed by atoms with Crippen LogP contribution in [0.25, 0.3) is 0 Å². The van der Waals surface area contributed by atoms with Gasteiger partial charge in [0, 0.05) is 26.1 Å². The van der Waals surface area contributed by atoms with E-state index in [1.807, 2.05) is 20.8 Å². The van der Waals surface area contributed by atoms with Gasteiger partial charge >= 0.3 is 12.2 Å². The second-order valence-corrected chi connectivity index (χ2v) is 22.9. The van der Waals surface area contributed by atoms with Crippen LogP contribution in [0.2, 0.25) is 39.3 Å². The van der Waals surface area contributed by atoms with Crippen molar-refractivity contribution in [2.75, 3.05) is 39.5 Å². The highest BCUT2D eigenvalue weighted by Crippen LogP contribution is 2.47. The molecule has 0 aliphatic heterocycles. The van der Waals surface area contributed by atoms with Gasteiger partial charge in [0.2, 0.25) is 0 Å². The monoisotopic (exact) mass is 602 g/mol. The van der Waals surface area contributed by atoms with Gasteiger partial charge in [0.1, 0.15) is 19.0 Å². The fourth-order valence-corrected chi connectivity index (χ4v) is 9.12. The minimum absolute atomic E-state index is 0.101. The fraction of sp³-hybridized carbons (Fsp3) is 0.931. The first kappa shape index (κ1) is 35.1. The van der Waals surface area contributed by atoms with Crippen LogP contribution in [0.5, 0.6) is 0 Å². The molecule has 0 radical (unpaired) electrons. The van der Waals surface area contributed by atoms with Gasteiger partial charge in [-0.05, 0) is 103 Å². The normalized spacial score (nSPS) is 22.6. The molecule has 0 aromatic heterocycles. The van der Waals surface area contributed by atoms with Gasteiger partial charge in [-0.2, -0.15) is 0 Å². The Morgan fingerprint density at radius 1 is 0.850 bits per heavy atom. The Morgan fingerprint density at radius 2 is 1.45 bits per heavy atom. The Bertz CT molecular complexity index is 786. The smallest absolute Gasteiger partial charge is 0.407 e. The van der Waals surface area contributed by atoms with Crippen LogP contribution >= 0.6 is 0 Å². The first-order valence-corrected chi connectivity index (χ1v) is 22.2. The molecular weight excluding hydrogens is 544 g/mol. The van der Waals surface area contributed by atoms with Crippen molar-refractivity contribution >= 4 is 28.8 Å². The number of rotatable bonds is 18. The third-order valence-electron chi connectivity index (χ3n) is 7.86. The summed E-state index contributed by atoms with van der Waals surface area (Å²) >= 11 is 0. The van der Waals surface area contributed by atoms with Crippen molar-refractivity contribution in [1.82, 2.24) is 10.6 Å². The molecule has 2 amide bonds. The molecule has 234 valence electrons. The average Bonchev–Trinajstić information content (AvgIpc) is 3.45. The standard InChI is InChI=1S/C29H58N2O7Si2/c1-10-29(21-35-26(32)30-11-2,22-36-27(33)31-19-25-18-23-13-14-24(25)17-23)20-34-16-12-15-28(3,37-39(4,5)6)38-40(7,8)9/h23-25H,10-22H2,1-9H3,(H,30,32)(H,31,33). The molecule has 2 bridgehead atoms. The van der Waals surface area contributed by atoms with E-state index in [1.165, 1.54) is 25.7 Å². The fourth-order valence-electron chi connectivity index (χ4n) is 6.16. The van der Waals surface area contributed by atoms with Gasteiger partial charge in [-0.1, -0.05) is 13.3 Å². The average molecular weight is 603 g/mol. The summed E-state index contributed by atoms with van der Waals surface area (Å²) in [5, 5.41) is 5.64. The summed E-state index contributed by atoms with van der Waals surface area (Å²) in [6, 6.07) is 0. The van der Waals surface area contributed by atoms with Gasteiger partial charge in [-0.25, -0.2) is 9.59 Å². The molecule has 2 saturated carbocycles. The number of ether oxygens (including phenoxy) is 3. The molecule has 2 rings (SSSR count). The predicted molar refractivity (Wildman–Crippen MR) is 163 cm³/mol. The highest BCUT2D eigenvalue weighted by molar-refractivity contribution is 6.71. The van der Waals surface area contributed by atoms with E-state index in [9.17, 15) is 9.59 Å². The Balaban J connectivity index is 1.90. The first-order chi connectivity index (χ1) is 18.6. The number of hydrogen-bond acceptors (Lipinski definition) is 7. The summed E-state index contributed by atoms with van der Waals surface area (Å²) in [6.45, 7) is 21.1. The van der Waals surface area contributed by atoms with Gasteiger partial charge < -0.3 is 33.7 Å². The summed E-state index contributed by atoms with van der Waals surface area (Å²) in [5.74, 6) is 1.51. The Hall–Kier alpha value is -1.15. The van der Waals surface area contributed by atoms with Crippen molar-refractivity contribution in [3.8, 4) is 0 Å². The Labute approximate surface area is 245 Å². The van der Waals surface area contributed by atoms with E-state index in [0.717, 1.165) is 24.7 Å². The summed E-state index contributed by atoms with van der Waals surface area (Å²) in [4.78, 5) is 24.7. The summed E-state index contributed by atoms with van der Waals surface area (Å²) in [7, 11) is -3.64. The third kappa shape index (κ3) is 12.8. The molecule has 0 aromatic rings. The van der Waals surface area contributed by atoms with Crippen LogP contribution in [-0.4, -0.2) is 74.1 Å². The van der Waals surface area contributed by atoms with Crippen LogP contribution in [0.15, 0.2) is 0 Å². The number of carbonyl (C=O) groups excluding carboxylic acids is 2. The minimum Gasteiger partial charge on any atom is -0.449 e. The van der Waals surface area contributed by atoms with E-state index in [2.05, 4.69) is 49.9 Å². The first-order valence-electron chi connectivity index (χ1n) is 15.4. The molecule has 0 saturated heterocycles. The van der Waals surface area contributed by atoms with Crippen molar-refractivity contribution in [3.63, 3.8) is 0 Å². The molecule has 0 aromatic carbocycles. The van der Waals surface area contributed by atoms with Crippen LogP contribution in [-0.2, 0) is 23.1 Å². The zero-order chi connectivity index (χ0) is 30.0. The zero-order valence-electron chi connectivity index (χ0n) is 26.8. The summed E-state index contributed by atoms with van der Waals surface area (Å²) < 4.78 is 30.2. The molecule has 11 heteroatoms. The second-order valence-electron chi connectivity index (χ2n) is 14.1. The lowest BCUT2D eigenvalue weighted by Gasteiger charge is -2.40.